The number of fused-ring (bicyclic) bond motifs is 1. The molecule has 0 saturated heterocycles. The van der Waals surface area contributed by atoms with Crippen LogP contribution in [0.15, 0.2) is 78.5 Å². The highest BCUT2D eigenvalue weighted by molar-refractivity contribution is 6.10. The molecule has 0 unspecified atom stereocenters. The van der Waals surface area contributed by atoms with E-state index in [0.717, 1.165) is 5.56 Å². The molecule has 6 heteroatoms. The van der Waals surface area contributed by atoms with Gasteiger partial charge in [0.15, 0.2) is 11.5 Å². The second-order valence-corrected chi connectivity index (χ2v) is 6.81. The van der Waals surface area contributed by atoms with Gasteiger partial charge in [0.2, 0.25) is 6.79 Å². The molecule has 1 aliphatic rings. The van der Waals surface area contributed by atoms with E-state index in [1.54, 1.807) is 54.6 Å². The summed E-state index contributed by atoms with van der Waals surface area (Å²) in [6, 6.07) is 21.6. The summed E-state index contributed by atoms with van der Waals surface area (Å²) in [6.07, 6.45) is 1.61. The summed E-state index contributed by atoms with van der Waals surface area (Å²) in [5.74, 6) is 0.441. The third kappa shape index (κ3) is 4.50. The van der Waals surface area contributed by atoms with Crippen molar-refractivity contribution in [3.63, 3.8) is 0 Å². The topological polar surface area (TPSA) is 76.7 Å². The Morgan fingerprint density at radius 3 is 2.50 bits per heavy atom. The van der Waals surface area contributed by atoms with Crippen LogP contribution in [0.1, 0.15) is 21.5 Å². The van der Waals surface area contributed by atoms with E-state index in [9.17, 15) is 9.59 Å². The molecule has 1 aliphatic heterocycles. The van der Waals surface area contributed by atoms with Gasteiger partial charge in [-0.1, -0.05) is 42.0 Å². The second kappa shape index (κ2) is 8.53. The van der Waals surface area contributed by atoms with Crippen LogP contribution in [0, 0.1) is 6.92 Å². The molecule has 6 nitrogen and oxygen atoms in total. The van der Waals surface area contributed by atoms with Gasteiger partial charge in [-0.3, -0.25) is 9.59 Å². The summed E-state index contributed by atoms with van der Waals surface area (Å²) in [5, 5.41) is 5.54. The number of para-hydroxylation sites is 1. The van der Waals surface area contributed by atoms with Crippen LogP contribution in [0.4, 0.5) is 5.69 Å². The van der Waals surface area contributed by atoms with E-state index in [1.165, 1.54) is 0 Å². The van der Waals surface area contributed by atoms with E-state index >= 15 is 0 Å². The average Bonchev–Trinajstić information content (AvgIpc) is 3.22. The maximum atomic E-state index is 12.9. The molecule has 0 aliphatic carbocycles. The molecule has 0 spiro atoms. The zero-order valence-corrected chi connectivity index (χ0v) is 16.3. The average molecular weight is 400 g/mol. The zero-order chi connectivity index (χ0) is 20.9. The number of hydrogen-bond acceptors (Lipinski definition) is 4. The van der Waals surface area contributed by atoms with E-state index in [-0.39, 0.29) is 18.4 Å². The Morgan fingerprint density at radius 2 is 1.70 bits per heavy atom. The van der Waals surface area contributed by atoms with Gasteiger partial charge in [-0.2, -0.15) is 0 Å². The zero-order valence-electron chi connectivity index (χ0n) is 16.3. The molecule has 3 aromatic rings. The van der Waals surface area contributed by atoms with Crippen LogP contribution in [0.3, 0.4) is 0 Å². The van der Waals surface area contributed by atoms with Crippen LogP contribution in [-0.2, 0) is 4.79 Å². The summed E-state index contributed by atoms with van der Waals surface area (Å²) in [7, 11) is 0. The van der Waals surface area contributed by atoms with Crippen molar-refractivity contribution in [3.05, 3.63) is 95.2 Å². The number of benzene rings is 3. The number of ether oxygens (including phenoxy) is 2. The van der Waals surface area contributed by atoms with Crippen molar-refractivity contribution in [2.75, 3.05) is 12.1 Å². The molecule has 1 heterocycles. The molecular weight excluding hydrogens is 380 g/mol. The fourth-order valence-electron chi connectivity index (χ4n) is 3.03. The number of nitrogens with one attached hydrogen (secondary N) is 2. The van der Waals surface area contributed by atoms with Gasteiger partial charge in [-0.25, -0.2) is 0 Å². The highest BCUT2D eigenvalue weighted by Gasteiger charge is 2.17. The third-order valence-electron chi connectivity index (χ3n) is 4.51. The van der Waals surface area contributed by atoms with Gasteiger partial charge in [-0.15, -0.1) is 0 Å². The minimum Gasteiger partial charge on any atom is -0.454 e. The summed E-state index contributed by atoms with van der Waals surface area (Å²) in [6.45, 7) is 2.07. The van der Waals surface area contributed by atoms with Crippen molar-refractivity contribution in [3.8, 4) is 11.5 Å². The molecule has 0 radical (unpaired) electrons. The fourth-order valence-corrected chi connectivity index (χ4v) is 3.03. The molecule has 150 valence electrons. The second-order valence-electron chi connectivity index (χ2n) is 6.81. The van der Waals surface area contributed by atoms with Gasteiger partial charge >= 0.3 is 0 Å². The normalized spacial score (nSPS) is 12.4. The van der Waals surface area contributed by atoms with Crippen LogP contribution < -0.4 is 20.1 Å². The highest BCUT2D eigenvalue weighted by atomic mass is 16.7. The summed E-state index contributed by atoms with van der Waals surface area (Å²) >= 11 is 0. The molecule has 3 aromatic carbocycles. The smallest absolute Gasteiger partial charge is 0.272 e. The number of anilines is 1. The maximum Gasteiger partial charge on any atom is 0.272 e. The summed E-state index contributed by atoms with van der Waals surface area (Å²) in [4.78, 5) is 25.7. The minimum absolute atomic E-state index is 0.115. The largest absolute Gasteiger partial charge is 0.454 e. The third-order valence-corrected chi connectivity index (χ3v) is 4.51. The minimum atomic E-state index is -0.431. The lowest BCUT2D eigenvalue weighted by atomic mass is 10.1. The Hall–Kier alpha value is -4.06. The predicted molar refractivity (Wildman–Crippen MR) is 114 cm³/mol. The lowest BCUT2D eigenvalue weighted by Crippen LogP contribution is -2.30. The van der Waals surface area contributed by atoms with Crippen molar-refractivity contribution < 1.29 is 19.1 Å². The molecule has 0 fully saturated rings. The van der Waals surface area contributed by atoms with Crippen molar-refractivity contribution >= 4 is 23.6 Å². The molecule has 30 heavy (non-hydrogen) atoms. The van der Waals surface area contributed by atoms with Gasteiger partial charge < -0.3 is 20.1 Å². The highest BCUT2D eigenvalue weighted by Crippen LogP contribution is 2.33. The Kier molecular flexibility index (Phi) is 5.48. The summed E-state index contributed by atoms with van der Waals surface area (Å²) < 4.78 is 10.7. The van der Waals surface area contributed by atoms with Gasteiger partial charge in [-0.05, 0) is 55.0 Å². The number of carbonyl (C=O) groups is 2. The van der Waals surface area contributed by atoms with Gasteiger partial charge in [0.05, 0.1) is 0 Å². The van der Waals surface area contributed by atoms with E-state index in [1.807, 2.05) is 31.2 Å². The van der Waals surface area contributed by atoms with Gasteiger partial charge in [0.1, 0.15) is 5.70 Å². The van der Waals surface area contributed by atoms with Crippen LogP contribution in [-0.4, -0.2) is 18.6 Å². The lowest BCUT2D eigenvalue weighted by Gasteiger charge is -2.12. The van der Waals surface area contributed by atoms with Crippen LogP contribution >= 0.6 is 0 Å². The number of hydrogen-bond donors (Lipinski definition) is 2. The molecular formula is C24H20N2O4. The Morgan fingerprint density at radius 1 is 0.900 bits per heavy atom. The first-order valence-electron chi connectivity index (χ1n) is 9.44. The Balaban J connectivity index is 1.63. The monoisotopic (exact) mass is 400 g/mol. The van der Waals surface area contributed by atoms with E-state index < -0.39 is 5.91 Å². The van der Waals surface area contributed by atoms with Crippen LogP contribution in [0.2, 0.25) is 0 Å². The van der Waals surface area contributed by atoms with Crippen molar-refractivity contribution in [2.45, 2.75) is 6.92 Å². The first-order chi connectivity index (χ1) is 14.6. The molecule has 0 saturated carbocycles. The number of amides is 2. The van der Waals surface area contributed by atoms with Gasteiger partial charge in [0.25, 0.3) is 11.8 Å². The first kappa shape index (κ1) is 19.3. The number of carbonyl (C=O) groups excluding carboxylic acids is 2. The van der Waals surface area contributed by atoms with Crippen molar-refractivity contribution in [1.82, 2.24) is 5.32 Å². The first-order valence-corrected chi connectivity index (χ1v) is 9.44. The number of aryl methyl sites for hydroxylation is 1. The standard InChI is InChI=1S/C24H20N2O4/c1-16-6-5-7-18(12-16)23(27)26-20(24(28)25-19-8-3-2-4-9-19)13-17-10-11-21-22(14-17)30-15-29-21/h2-14H,15H2,1H3,(H,25,28)(H,26,27)/b20-13+. The van der Waals surface area contributed by atoms with Crippen LogP contribution in [0.5, 0.6) is 11.5 Å². The SMILES string of the molecule is Cc1cccc(C(=O)N/C(=C/c2ccc3c(c2)OCO3)C(=O)Nc2ccccc2)c1. The molecule has 2 N–H and O–H groups in total. The van der Waals surface area contributed by atoms with E-state index in [2.05, 4.69) is 10.6 Å². The van der Waals surface area contributed by atoms with E-state index in [0.29, 0.717) is 28.3 Å². The maximum absolute atomic E-state index is 12.9. The molecule has 4 rings (SSSR count). The molecule has 2 amide bonds. The fraction of sp³-hybridized carbons (Fsp3) is 0.0833. The number of rotatable bonds is 5. The predicted octanol–water partition coefficient (Wildman–Crippen LogP) is 4.13. The lowest BCUT2D eigenvalue weighted by molar-refractivity contribution is -0.113. The van der Waals surface area contributed by atoms with Crippen LogP contribution in [0.25, 0.3) is 6.08 Å². The summed E-state index contributed by atoms with van der Waals surface area (Å²) in [5.41, 5.74) is 2.87. The van der Waals surface area contributed by atoms with Gasteiger partial charge in [0, 0.05) is 11.3 Å². The Labute approximate surface area is 174 Å². The quantitative estimate of drug-likeness (QED) is 0.632. The molecule has 0 bridgehead atoms. The Bertz CT molecular complexity index is 1120. The molecule has 0 atom stereocenters. The van der Waals surface area contributed by atoms with Crippen molar-refractivity contribution in [2.24, 2.45) is 0 Å². The van der Waals surface area contributed by atoms with Crippen molar-refractivity contribution in [1.29, 1.82) is 0 Å². The molecule has 0 aromatic heterocycles. The van der Waals surface area contributed by atoms with E-state index in [4.69, 9.17) is 9.47 Å².